The van der Waals surface area contributed by atoms with Crippen molar-refractivity contribution in [2.75, 3.05) is 4.90 Å². The largest absolute Gasteiger partial charge is 0.457 e. The maximum absolute atomic E-state index is 12.9. The van der Waals surface area contributed by atoms with E-state index in [1.165, 1.54) is 30.3 Å². The van der Waals surface area contributed by atoms with Crippen LogP contribution in [0.5, 0.6) is 0 Å². The molecule has 2 heterocycles. The number of barbiturate groups is 1. The number of carbonyl (C=O) groups excluding carboxylic acids is 3. The number of nitrogens with one attached hydrogen (secondary N) is 1. The van der Waals surface area contributed by atoms with Crippen molar-refractivity contribution in [1.82, 2.24) is 5.32 Å². The Balaban J connectivity index is 1.68. The quantitative estimate of drug-likeness (QED) is 0.408. The number of urea groups is 1. The van der Waals surface area contributed by atoms with E-state index in [1.54, 1.807) is 30.3 Å². The van der Waals surface area contributed by atoms with Crippen molar-refractivity contribution in [1.29, 1.82) is 0 Å². The average Bonchev–Trinajstić information content (AvgIpc) is 3.14. The zero-order valence-corrected chi connectivity index (χ0v) is 17.3. The van der Waals surface area contributed by atoms with Crippen LogP contribution in [0.2, 0.25) is 15.1 Å². The number of anilines is 1. The second-order valence-corrected chi connectivity index (χ2v) is 7.60. The Morgan fingerprint density at radius 1 is 0.833 bits per heavy atom. The Morgan fingerprint density at radius 3 is 2.17 bits per heavy atom. The lowest BCUT2D eigenvalue weighted by Gasteiger charge is -2.26. The highest BCUT2D eigenvalue weighted by Gasteiger charge is 2.37. The number of rotatable bonds is 3. The molecule has 0 saturated carbocycles. The lowest BCUT2D eigenvalue weighted by Crippen LogP contribution is -2.54. The molecule has 6 nitrogen and oxygen atoms in total. The van der Waals surface area contributed by atoms with Crippen LogP contribution in [-0.2, 0) is 9.59 Å². The zero-order chi connectivity index (χ0) is 21.4. The maximum atomic E-state index is 12.9. The van der Waals surface area contributed by atoms with Gasteiger partial charge in [-0.05, 0) is 60.7 Å². The van der Waals surface area contributed by atoms with Crippen LogP contribution in [0.1, 0.15) is 5.76 Å². The van der Waals surface area contributed by atoms with Crippen molar-refractivity contribution in [3.8, 4) is 11.3 Å². The molecule has 4 amide bonds. The van der Waals surface area contributed by atoms with Gasteiger partial charge in [-0.25, -0.2) is 9.69 Å². The number of benzene rings is 2. The summed E-state index contributed by atoms with van der Waals surface area (Å²) in [5.74, 6) is -0.917. The van der Waals surface area contributed by atoms with Gasteiger partial charge in [0.25, 0.3) is 11.8 Å². The van der Waals surface area contributed by atoms with Crippen molar-refractivity contribution >= 4 is 64.4 Å². The predicted octanol–water partition coefficient (Wildman–Crippen LogP) is 5.57. The number of hydrogen-bond donors (Lipinski definition) is 1. The van der Waals surface area contributed by atoms with Crippen LogP contribution in [0.4, 0.5) is 10.5 Å². The van der Waals surface area contributed by atoms with E-state index in [4.69, 9.17) is 39.2 Å². The lowest BCUT2D eigenvalue weighted by atomic mass is 10.1. The fourth-order valence-corrected chi connectivity index (χ4v) is 3.56. The summed E-state index contributed by atoms with van der Waals surface area (Å²) in [5, 5.41) is 3.47. The van der Waals surface area contributed by atoms with Gasteiger partial charge in [-0.1, -0.05) is 34.8 Å². The second kappa shape index (κ2) is 7.99. The molecule has 150 valence electrons. The molecule has 0 radical (unpaired) electrons. The van der Waals surface area contributed by atoms with Gasteiger partial charge in [0.15, 0.2) is 0 Å². The number of carbonyl (C=O) groups is 3. The Hall–Kier alpha value is -3.06. The van der Waals surface area contributed by atoms with Gasteiger partial charge >= 0.3 is 6.03 Å². The Kier molecular flexibility index (Phi) is 5.39. The first-order chi connectivity index (χ1) is 14.3. The van der Waals surface area contributed by atoms with Crippen molar-refractivity contribution in [3.05, 3.63) is 81.0 Å². The summed E-state index contributed by atoms with van der Waals surface area (Å²) in [6, 6.07) is 13.4. The SMILES string of the molecule is O=C1NC(=O)N(c2ccc(Cl)cc2)C(=O)/C1=C/c1ccc(-c2cc(Cl)cc(Cl)c2)o1. The first-order valence-electron chi connectivity index (χ1n) is 8.55. The summed E-state index contributed by atoms with van der Waals surface area (Å²) in [4.78, 5) is 38.2. The maximum Gasteiger partial charge on any atom is 0.335 e. The standard InChI is InChI=1S/C21H11Cl3N2O4/c22-12-1-3-15(4-2-12)26-20(28)17(19(27)25-21(26)29)10-16-5-6-18(30-16)11-7-13(23)9-14(24)8-11/h1-10H,(H,25,27,29)/b17-10+. The molecule has 1 saturated heterocycles. The van der Waals surface area contributed by atoms with Gasteiger partial charge in [0.2, 0.25) is 0 Å². The van der Waals surface area contributed by atoms with E-state index in [0.29, 0.717) is 26.4 Å². The Bertz CT molecular complexity index is 1190. The predicted molar refractivity (Wildman–Crippen MR) is 115 cm³/mol. The molecule has 0 spiro atoms. The molecule has 1 fully saturated rings. The van der Waals surface area contributed by atoms with E-state index < -0.39 is 17.8 Å². The minimum atomic E-state index is -0.849. The fraction of sp³-hybridized carbons (Fsp3) is 0. The number of halogens is 3. The van der Waals surface area contributed by atoms with Gasteiger partial charge in [-0.3, -0.25) is 14.9 Å². The van der Waals surface area contributed by atoms with E-state index in [2.05, 4.69) is 5.32 Å². The molecule has 1 N–H and O–H groups in total. The molecule has 1 aliphatic heterocycles. The van der Waals surface area contributed by atoms with Gasteiger partial charge < -0.3 is 4.42 Å². The summed E-state index contributed by atoms with van der Waals surface area (Å²) in [7, 11) is 0. The van der Waals surface area contributed by atoms with Gasteiger partial charge in [0.05, 0.1) is 5.69 Å². The molecule has 2 aromatic carbocycles. The van der Waals surface area contributed by atoms with Crippen molar-refractivity contribution < 1.29 is 18.8 Å². The molecule has 4 rings (SSSR count). The smallest absolute Gasteiger partial charge is 0.335 e. The molecule has 30 heavy (non-hydrogen) atoms. The highest BCUT2D eigenvalue weighted by Crippen LogP contribution is 2.30. The van der Waals surface area contributed by atoms with Crippen LogP contribution < -0.4 is 10.2 Å². The number of nitrogens with zero attached hydrogens (tertiary/aromatic N) is 1. The summed E-state index contributed by atoms with van der Waals surface area (Å²) < 4.78 is 5.72. The van der Waals surface area contributed by atoms with Crippen LogP contribution in [0.25, 0.3) is 17.4 Å². The number of hydrogen-bond acceptors (Lipinski definition) is 4. The van der Waals surface area contributed by atoms with Crippen LogP contribution >= 0.6 is 34.8 Å². The highest BCUT2D eigenvalue weighted by atomic mass is 35.5. The first-order valence-corrected chi connectivity index (χ1v) is 9.68. The fourth-order valence-electron chi connectivity index (χ4n) is 2.91. The van der Waals surface area contributed by atoms with Crippen molar-refractivity contribution in [2.24, 2.45) is 0 Å². The third-order valence-corrected chi connectivity index (χ3v) is 4.94. The minimum Gasteiger partial charge on any atom is -0.457 e. The summed E-state index contributed by atoms with van der Waals surface area (Å²) in [5.41, 5.74) is 0.651. The first kappa shape index (κ1) is 20.2. The minimum absolute atomic E-state index is 0.241. The molecular formula is C21H11Cl3N2O4. The van der Waals surface area contributed by atoms with Gasteiger partial charge in [0, 0.05) is 20.6 Å². The van der Waals surface area contributed by atoms with Crippen LogP contribution in [0.3, 0.4) is 0 Å². The van der Waals surface area contributed by atoms with Crippen LogP contribution in [0, 0.1) is 0 Å². The zero-order valence-electron chi connectivity index (χ0n) is 15.0. The van der Waals surface area contributed by atoms with E-state index in [9.17, 15) is 14.4 Å². The summed E-state index contributed by atoms with van der Waals surface area (Å²) in [6.07, 6.45) is 1.27. The van der Waals surface area contributed by atoms with E-state index >= 15 is 0 Å². The highest BCUT2D eigenvalue weighted by molar-refractivity contribution is 6.39. The van der Waals surface area contributed by atoms with Crippen molar-refractivity contribution in [2.45, 2.75) is 0 Å². The van der Waals surface area contributed by atoms with E-state index in [1.807, 2.05) is 0 Å². The third kappa shape index (κ3) is 3.98. The second-order valence-electron chi connectivity index (χ2n) is 6.29. The van der Waals surface area contributed by atoms with Gasteiger partial charge in [-0.15, -0.1) is 0 Å². The molecule has 0 bridgehead atoms. The molecule has 0 aliphatic carbocycles. The molecule has 3 aromatic rings. The lowest BCUT2D eigenvalue weighted by molar-refractivity contribution is -0.122. The number of amides is 4. The normalized spacial score (nSPS) is 15.6. The van der Waals surface area contributed by atoms with Gasteiger partial charge in [-0.2, -0.15) is 0 Å². The third-order valence-electron chi connectivity index (χ3n) is 4.25. The van der Waals surface area contributed by atoms with E-state index in [-0.39, 0.29) is 17.0 Å². The number of furan rings is 1. The van der Waals surface area contributed by atoms with Crippen molar-refractivity contribution in [3.63, 3.8) is 0 Å². The number of imide groups is 2. The molecule has 1 aliphatic rings. The van der Waals surface area contributed by atoms with Gasteiger partial charge in [0.1, 0.15) is 17.1 Å². The molecule has 0 atom stereocenters. The Labute approximate surface area is 185 Å². The monoisotopic (exact) mass is 460 g/mol. The summed E-state index contributed by atoms with van der Waals surface area (Å²) in [6.45, 7) is 0. The molecule has 1 aromatic heterocycles. The van der Waals surface area contributed by atoms with Crippen LogP contribution in [0.15, 0.2) is 64.6 Å². The molecule has 9 heteroatoms. The molecular weight excluding hydrogens is 451 g/mol. The average molecular weight is 462 g/mol. The van der Waals surface area contributed by atoms with E-state index in [0.717, 1.165) is 4.90 Å². The molecule has 0 unspecified atom stereocenters. The summed E-state index contributed by atoms with van der Waals surface area (Å²) >= 11 is 17.9. The topological polar surface area (TPSA) is 79.6 Å². The van der Waals surface area contributed by atoms with Crippen LogP contribution in [-0.4, -0.2) is 17.8 Å². The Morgan fingerprint density at radius 2 is 1.50 bits per heavy atom.